The summed E-state index contributed by atoms with van der Waals surface area (Å²) in [5, 5.41) is 3.02. The summed E-state index contributed by atoms with van der Waals surface area (Å²) in [5.41, 5.74) is 7.16. The van der Waals surface area contributed by atoms with Crippen molar-refractivity contribution < 1.29 is 9.53 Å². The number of rotatable bonds is 6. The molecule has 1 amide bonds. The minimum absolute atomic E-state index is 0.0269. The van der Waals surface area contributed by atoms with Crippen molar-refractivity contribution in [3.63, 3.8) is 0 Å². The Morgan fingerprint density at radius 2 is 2.10 bits per heavy atom. The van der Waals surface area contributed by atoms with E-state index < -0.39 is 0 Å². The molecule has 0 aromatic heterocycles. The molecule has 0 fully saturated rings. The van der Waals surface area contributed by atoms with Gasteiger partial charge >= 0.3 is 0 Å². The van der Waals surface area contributed by atoms with Gasteiger partial charge < -0.3 is 15.8 Å². The summed E-state index contributed by atoms with van der Waals surface area (Å²) in [6, 6.07) is 7.80. The van der Waals surface area contributed by atoms with E-state index in [2.05, 4.69) is 19.2 Å². The third-order valence-corrected chi connectivity index (χ3v) is 4.44. The van der Waals surface area contributed by atoms with Crippen molar-refractivity contribution in [3.8, 4) is 5.75 Å². The Balaban J connectivity index is 1.96. The maximum Gasteiger partial charge on any atom is 0.227 e. The van der Waals surface area contributed by atoms with E-state index in [-0.39, 0.29) is 17.9 Å². The predicted octanol–water partition coefficient (Wildman–Crippen LogP) is 2.43. The van der Waals surface area contributed by atoms with Gasteiger partial charge in [-0.15, -0.1) is 0 Å². The SMILES string of the molecule is CCC(CC)C(N)CNC(=O)C1CCOc2ccccc21. The van der Waals surface area contributed by atoms with Crippen LogP contribution in [0.15, 0.2) is 24.3 Å². The van der Waals surface area contributed by atoms with Gasteiger partial charge in [-0.3, -0.25) is 4.79 Å². The first-order valence-corrected chi connectivity index (χ1v) is 7.92. The summed E-state index contributed by atoms with van der Waals surface area (Å²) >= 11 is 0. The second-order valence-corrected chi connectivity index (χ2v) is 5.71. The fourth-order valence-corrected chi connectivity index (χ4v) is 3.02. The number of hydrogen-bond acceptors (Lipinski definition) is 3. The monoisotopic (exact) mass is 290 g/mol. The van der Waals surface area contributed by atoms with Crippen molar-refractivity contribution in [2.24, 2.45) is 11.7 Å². The third kappa shape index (κ3) is 3.76. The number of nitrogens with two attached hydrogens (primary N) is 1. The zero-order valence-electron chi connectivity index (χ0n) is 13.0. The molecule has 2 atom stereocenters. The van der Waals surface area contributed by atoms with E-state index in [4.69, 9.17) is 10.5 Å². The van der Waals surface area contributed by atoms with Crippen LogP contribution in [-0.2, 0) is 4.79 Å². The number of amides is 1. The van der Waals surface area contributed by atoms with Gasteiger partial charge in [0.05, 0.1) is 12.5 Å². The average molecular weight is 290 g/mol. The largest absolute Gasteiger partial charge is 0.493 e. The van der Waals surface area contributed by atoms with Gasteiger partial charge in [-0.2, -0.15) is 0 Å². The molecule has 21 heavy (non-hydrogen) atoms. The summed E-state index contributed by atoms with van der Waals surface area (Å²) < 4.78 is 5.60. The quantitative estimate of drug-likeness (QED) is 0.845. The summed E-state index contributed by atoms with van der Waals surface area (Å²) in [6.45, 7) is 5.42. The van der Waals surface area contributed by atoms with Crippen LogP contribution < -0.4 is 15.8 Å². The maximum absolute atomic E-state index is 12.4. The van der Waals surface area contributed by atoms with E-state index >= 15 is 0 Å². The number of ether oxygens (including phenoxy) is 1. The minimum atomic E-state index is -0.121. The molecule has 0 radical (unpaired) electrons. The van der Waals surface area contributed by atoms with E-state index in [9.17, 15) is 4.79 Å². The fourth-order valence-electron chi connectivity index (χ4n) is 3.02. The Labute approximate surface area is 127 Å². The second-order valence-electron chi connectivity index (χ2n) is 5.71. The smallest absolute Gasteiger partial charge is 0.227 e. The van der Waals surface area contributed by atoms with E-state index in [1.54, 1.807) is 0 Å². The van der Waals surface area contributed by atoms with E-state index in [1.165, 1.54) is 0 Å². The number of carbonyl (C=O) groups excluding carboxylic acids is 1. The molecule has 1 aliphatic heterocycles. The van der Waals surface area contributed by atoms with Gasteiger partial charge in [0.1, 0.15) is 5.75 Å². The molecule has 4 nitrogen and oxygen atoms in total. The number of fused-ring (bicyclic) bond motifs is 1. The van der Waals surface area contributed by atoms with Crippen LogP contribution in [0.1, 0.15) is 44.6 Å². The highest BCUT2D eigenvalue weighted by Crippen LogP contribution is 2.33. The molecular formula is C17H26N2O2. The second kappa shape index (κ2) is 7.46. The first-order valence-electron chi connectivity index (χ1n) is 7.92. The maximum atomic E-state index is 12.4. The minimum Gasteiger partial charge on any atom is -0.493 e. The molecule has 1 aromatic carbocycles. The van der Waals surface area contributed by atoms with Crippen molar-refractivity contribution in [2.75, 3.05) is 13.2 Å². The van der Waals surface area contributed by atoms with E-state index in [0.29, 0.717) is 19.1 Å². The van der Waals surface area contributed by atoms with Crippen LogP contribution in [-0.4, -0.2) is 25.1 Å². The van der Waals surface area contributed by atoms with Crippen molar-refractivity contribution in [1.29, 1.82) is 0 Å². The molecule has 0 aliphatic carbocycles. The van der Waals surface area contributed by atoms with Crippen molar-refractivity contribution in [1.82, 2.24) is 5.32 Å². The lowest BCUT2D eigenvalue weighted by Gasteiger charge is -2.27. The topological polar surface area (TPSA) is 64.3 Å². The molecule has 1 heterocycles. The Morgan fingerprint density at radius 3 is 2.81 bits per heavy atom. The Hall–Kier alpha value is -1.55. The van der Waals surface area contributed by atoms with Crippen LogP contribution in [0.4, 0.5) is 0 Å². The first kappa shape index (κ1) is 15.8. The van der Waals surface area contributed by atoms with Crippen LogP contribution in [0.2, 0.25) is 0 Å². The lowest BCUT2D eigenvalue weighted by atomic mass is 9.91. The molecular weight excluding hydrogens is 264 g/mol. The van der Waals surface area contributed by atoms with E-state index in [0.717, 1.165) is 30.6 Å². The lowest BCUT2D eigenvalue weighted by molar-refractivity contribution is -0.123. The highest BCUT2D eigenvalue weighted by atomic mass is 16.5. The van der Waals surface area contributed by atoms with Crippen LogP contribution in [0.3, 0.4) is 0 Å². The third-order valence-electron chi connectivity index (χ3n) is 4.44. The van der Waals surface area contributed by atoms with Crippen LogP contribution in [0.5, 0.6) is 5.75 Å². The molecule has 2 unspecified atom stereocenters. The number of benzene rings is 1. The van der Waals surface area contributed by atoms with Gasteiger partial charge in [0.2, 0.25) is 5.91 Å². The summed E-state index contributed by atoms with van der Waals surface area (Å²) in [7, 11) is 0. The summed E-state index contributed by atoms with van der Waals surface area (Å²) in [5.74, 6) is 1.23. The van der Waals surface area contributed by atoms with Crippen LogP contribution in [0.25, 0.3) is 0 Å². The molecule has 0 saturated heterocycles. The molecule has 1 aliphatic rings. The lowest BCUT2D eigenvalue weighted by Crippen LogP contribution is -2.43. The van der Waals surface area contributed by atoms with Gasteiger partial charge in [-0.1, -0.05) is 44.9 Å². The zero-order chi connectivity index (χ0) is 15.2. The predicted molar refractivity (Wildman–Crippen MR) is 84.4 cm³/mol. The number of hydrogen-bond donors (Lipinski definition) is 2. The molecule has 3 N–H and O–H groups in total. The van der Waals surface area contributed by atoms with Gasteiger partial charge in [0.15, 0.2) is 0 Å². The fraction of sp³-hybridized carbons (Fsp3) is 0.588. The molecule has 2 rings (SSSR count). The normalized spacial score (nSPS) is 18.8. The Morgan fingerprint density at radius 1 is 1.38 bits per heavy atom. The van der Waals surface area contributed by atoms with E-state index in [1.807, 2.05) is 24.3 Å². The molecule has 0 spiro atoms. The Kier molecular flexibility index (Phi) is 5.62. The molecule has 116 valence electrons. The summed E-state index contributed by atoms with van der Waals surface area (Å²) in [6.07, 6.45) is 2.82. The van der Waals surface area contributed by atoms with Crippen molar-refractivity contribution in [2.45, 2.75) is 45.1 Å². The highest BCUT2D eigenvalue weighted by molar-refractivity contribution is 5.84. The zero-order valence-corrected chi connectivity index (χ0v) is 13.0. The number of carbonyl (C=O) groups is 1. The standard InChI is InChI=1S/C17H26N2O2/c1-3-12(4-2)15(18)11-19-17(20)14-9-10-21-16-8-6-5-7-13(14)16/h5-8,12,14-15H,3-4,9-11,18H2,1-2H3,(H,19,20). The number of nitrogens with one attached hydrogen (secondary N) is 1. The van der Waals surface area contributed by atoms with Crippen LogP contribution >= 0.6 is 0 Å². The van der Waals surface area contributed by atoms with Gasteiger partial charge in [-0.05, 0) is 18.4 Å². The highest BCUT2D eigenvalue weighted by Gasteiger charge is 2.27. The molecule has 0 bridgehead atoms. The molecule has 4 heteroatoms. The van der Waals surface area contributed by atoms with Gasteiger partial charge in [0.25, 0.3) is 0 Å². The van der Waals surface area contributed by atoms with Crippen LogP contribution in [0, 0.1) is 5.92 Å². The number of para-hydroxylation sites is 1. The van der Waals surface area contributed by atoms with Crippen molar-refractivity contribution in [3.05, 3.63) is 29.8 Å². The average Bonchev–Trinajstić information content (AvgIpc) is 2.53. The van der Waals surface area contributed by atoms with Gasteiger partial charge in [-0.25, -0.2) is 0 Å². The Bertz CT molecular complexity index is 472. The molecule has 1 aromatic rings. The first-order chi connectivity index (χ1) is 10.2. The van der Waals surface area contributed by atoms with Gasteiger partial charge in [0, 0.05) is 18.2 Å². The molecule has 0 saturated carbocycles. The summed E-state index contributed by atoms with van der Waals surface area (Å²) in [4.78, 5) is 12.4. The van der Waals surface area contributed by atoms with Crippen molar-refractivity contribution >= 4 is 5.91 Å².